The summed E-state index contributed by atoms with van der Waals surface area (Å²) in [5.41, 5.74) is 16.5. The molecule has 9 aromatic rings. The van der Waals surface area contributed by atoms with Gasteiger partial charge in [0.15, 0.2) is 0 Å². The molecule has 0 bridgehead atoms. The Morgan fingerprint density at radius 2 is 1.00 bits per heavy atom. The van der Waals surface area contributed by atoms with Crippen LogP contribution in [0.5, 0.6) is 0 Å². The zero-order valence-corrected chi connectivity index (χ0v) is 33.7. The minimum atomic E-state index is 0.278. The Labute approximate surface area is 352 Å². The van der Waals surface area contributed by atoms with Crippen molar-refractivity contribution in [3.63, 3.8) is 0 Å². The van der Waals surface area contributed by atoms with E-state index in [1.54, 1.807) is 5.56 Å². The van der Waals surface area contributed by atoms with Crippen LogP contribution in [0.25, 0.3) is 60.9 Å². The van der Waals surface area contributed by atoms with Gasteiger partial charge in [0.05, 0.1) is 16.7 Å². The summed E-state index contributed by atoms with van der Waals surface area (Å²) < 4.78 is 2.45. The van der Waals surface area contributed by atoms with Gasteiger partial charge in [-0.1, -0.05) is 146 Å². The van der Waals surface area contributed by atoms with Gasteiger partial charge in [0, 0.05) is 38.8 Å². The minimum absolute atomic E-state index is 0.278. The molecular weight excluding hydrogens is 725 g/mol. The van der Waals surface area contributed by atoms with Crippen molar-refractivity contribution in [1.82, 2.24) is 4.57 Å². The quantitative estimate of drug-likeness (QED) is 0.149. The highest BCUT2D eigenvalue weighted by Crippen LogP contribution is 2.79. The van der Waals surface area contributed by atoms with Gasteiger partial charge in [0.1, 0.15) is 0 Å². The smallest absolute Gasteiger partial charge is 0.0541 e. The first-order valence-corrected chi connectivity index (χ1v) is 22.1. The number of aromatic nitrogens is 1. The lowest BCUT2D eigenvalue weighted by molar-refractivity contribution is 0.0688. The van der Waals surface area contributed by atoms with E-state index in [-0.39, 0.29) is 5.41 Å². The van der Waals surface area contributed by atoms with Crippen molar-refractivity contribution >= 4 is 38.9 Å². The number of rotatable bonds is 8. The molecule has 13 rings (SSSR count). The molecular formula is C58H46N2. The molecule has 0 radical (unpaired) electrons. The average Bonchev–Trinajstić information content (AvgIpc) is 3.83. The minimum Gasteiger partial charge on any atom is -0.310 e. The molecule has 1 heterocycles. The lowest BCUT2D eigenvalue weighted by Crippen LogP contribution is -2.47. The monoisotopic (exact) mass is 770 g/mol. The number of anilines is 3. The number of hydrogen-bond acceptors (Lipinski definition) is 1. The maximum atomic E-state index is 2.60. The van der Waals surface area contributed by atoms with Crippen molar-refractivity contribution in [3.05, 3.63) is 206 Å². The van der Waals surface area contributed by atoms with Crippen molar-refractivity contribution in [2.75, 3.05) is 4.90 Å². The summed E-state index contributed by atoms with van der Waals surface area (Å²) in [6.07, 6.45) is 5.64. The van der Waals surface area contributed by atoms with Crippen LogP contribution in [-0.4, -0.2) is 4.57 Å². The van der Waals surface area contributed by atoms with Crippen LogP contribution in [0.3, 0.4) is 0 Å². The van der Waals surface area contributed by atoms with Gasteiger partial charge >= 0.3 is 0 Å². The molecule has 4 aliphatic carbocycles. The van der Waals surface area contributed by atoms with Crippen LogP contribution in [0, 0.1) is 29.6 Å². The number of hydrogen-bond donors (Lipinski definition) is 0. The Morgan fingerprint density at radius 3 is 1.70 bits per heavy atom. The van der Waals surface area contributed by atoms with Gasteiger partial charge in [-0.05, 0) is 143 Å². The predicted octanol–water partition coefficient (Wildman–Crippen LogP) is 15.2. The summed E-state index contributed by atoms with van der Waals surface area (Å²) in [5, 5.41) is 2.56. The van der Waals surface area contributed by atoms with E-state index >= 15 is 0 Å². The Kier molecular flexibility index (Phi) is 7.52. The molecule has 1 aromatic heterocycles. The summed E-state index contributed by atoms with van der Waals surface area (Å²) in [6, 6.07) is 74.5. The third kappa shape index (κ3) is 5.00. The van der Waals surface area contributed by atoms with Crippen LogP contribution in [0.1, 0.15) is 31.2 Å². The summed E-state index contributed by atoms with van der Waals surface area (Å²) in [6.45, 7) is 0. The molecule has 60 heavy (non-hydrogen) atoms. The molecule has 4 aliphatic rings. The molecule has 6 atom stereocenters. The molecule has 3 unspecified atom stereocenters. The molecule has 4 saturated carbocycles. The predicted molar refractivity (Wildman–Crippen MR) is 249 cm³/mol. The third-order valence-electron chi connectivity index (χ3n) is 15.3. The Balaban J connectivity index is 0.994. The van der Waals surface area contributed by atoms with E-state index in [1.807, 2.05) is 0 Å². The van der Waals surface area contributed by atoms with E-state index in [1.165, 1.54) is 104 Å². The van der Waals surface area contributed by atoms with Crippen LogP contribution in [0.4, 0.5) is 17.1 Å². The van der Waals surface area contributed by atoms with Gasteiger partial charge in [-0.25, -0.2) is 0 Å². The lowest BCUT2D eigenvalue weighted by Gasteiger charge is -2.52. The van der Waals surface area contributed by atoms with Crippen molar-refractivity contribution in [2.45, 2.75) is 31.1 Å². The summed E-state index contributed by atoms with van der Waals surface area (Å²) in [5.74, 6) is 4.60. The van der Waals surface area contributed by atoms with Crippen molar-refractivity contribution in [1.29, 1.82) is 0 Å². The highest BCUT2D eigenvalue weighted by atomic mass is 15.1. The van der Waals surface area contributed by atoms with Crippen molar-refractivity contribution < 1.29 is 0 Å². The van der Waals surface area contributed by atoms with Crippen molar-refractivity contribution in [3.8, 4) is 39.1 Å². The summed E-state index contributed by atoms with van der Waals surface area (Å²) in [7, 11) is 0. The Morgan fingerprint density at radius 1 is 0.433 bits per heavy atom. The molecule has 2 heteroatoms. The molecule has 0 N–H and O–H groups in total. The van der Waals surface area contributed by atoms with Crippen LogP contribution in [-0.2, 0) is 5.41 Å². The summed E-state index contributed by atoms with van der Waals surface area (Å²) >= 11 is 0. The topological polar surface area (TPSA) is 8.17 Å². The first kappa shape index (κ1) is 34.2. The zero-order valence-electron chi connectivity index (χ0n) is 33.7. The number of nitrogens with zero attached hydrogens (tertiary/aromatic N) is 2. The molecule has 0 amide bonds. The van der Waals surface area contributed by atoms with Crippen LogP contribution in [0.15, 0.2) is 200 Å². The van der Waals surface area contributed by atoms with Gasteiger partial charge < -0.3 is 9.47 Å². The number of benzene rings is 8. The van der Waals surface area contributed by atoms with Crippen LogP contribution in [0.2, 0.25) is 0 Å². The van der Waals surface area contributed by atoms with E-state index < -0.39 is 0 Å². The SMILES string of the molecule is c1ccc(-c2cc(-c3ccccc3)cc(N(c3ccc(-c4ccccc4-n4c5ccccc5c5ccccc54)cc3)c3ccccc3[C@]34CC5C[C@H]6CC(C3)[C@H]6C54)c2)cc1. The Hall–Kier alpha value is -6.64. The van der Waals surface area contributed by atoms with E-state index in [2.05, 4.69) is 210 Å². The second kappa shape index (κ2) is 13.2. The second-order valence-corrected chi connectivity index (χ2v) is 18.2. The van der Waals surface area contributed by atoms with Gasteiger partial charge in [0.2, 0.25) is 0 Å². The van der Waals surface area contributed by atoms with Gasteiger partial charge in [-0.15, -0.1) is 0 Å². The fourth-order valence-corrected chi connectivity index (χ4v) is 13.1. The number of fused-ring (bicyclic) bond motifs is 3. The third-order valence-corrected chi connectivity index (χ3v) is 15.3. The molecule has 2 nitrogen and oxygen atoms in total. The fourth-order valence-electron chi connectivity index (χ4n) is 13.1. The second-order valence-electron chi connectivity index (χ2n) is 18.2. The van der Waals surface area contributed by atoms with E-state index in [9.17, 15) is 0 Å². The maximum Gasteiger partial charge on any atom is 0.0541 e. The molecule has 0 saturated heterocycles. The lowest BCUT2D eigenvalue weighted by atomic mass is 9.53. The molecule has 0 spiro atoms. The maximum absolute atomic E-state index is 2.60. The van der Waals surface area contributed by atoms with E-state index in [0.29, 0.717) is 0 Å². The van der Waals surface area contributed by atoms with E-state index in [4.69, 9.17) is 0 Å². The molecule has 0 aliphatic heterocycles. The molecule has 8 aromatic carbocycles. The highest BCUT2D eigenvalue weighted by Gasteiger charge is 2.73. The first-order chi connectivity index (χ1) is 29.7. The van der Waals surface area contributed by atoms with Gasteiger partial charge in [0.25, 0.3) is 0 Å². The van der Waals surface area contributed by atoms with Gasteiger partial charge in [-0.2, -0.15) is 0 Å². The van der Waals surface area contributed by atoms with Crippen LogP contribution >= 0.6 is 0 Å². The first-order valence-electron chi connectivity index (χ1n) is 22.1. The standard InChI is InChI=1S/C58H46N2/c1-3-15-38(16-4-1)41-31-42(39-17-5-2-6-18-39)35-47(34-41)59(55-26-14-10-22-51(55)58-36-44-32-43-33-45(37-58)57(58)56(43)44)46-29-27-40(28-30-46)48-19-7-11-23-52(48)60-53-24-12-8-20-49(53)50-21-9-13-25-54(50)60/h1-31,34-35,43-45,56-57H,32-33,36-37H2/t43-,44?,45?,56+,57?,58-/m1/s1. The van der Waals surface area contributed by atoms with Gasteiger partial charge in [-0.3, -0.25) is 0 Å². The van der Waals surface area contributed by atoms with Crippen molar-refractivity contribution in [2.24, 2.45) is 29.6 Å². The van der Waals surface area contributed by atoms with Crippen LogP contribution < -0.4 is 4.90 Å². The van der Waals surface area contributed by atoms with E-state index in [0.717, 1.165) is 29.6 Å². The summed E-state index contributed by atoms with van der Waals surface area (Å²) in [4.78, 5) is 2.60. The normalized spacial score (nSPS) is 23.3. The largest absolute Gasteiger partial charge is 0.310 e. The number of para-hydroxylation sites is 4. The Bertz CT molecular complexity index is 2980. The average molecular weight is 771 g/mol. The fraction of sp³-hybridized carbons (Fsp3) is 0.172. The zero-order chi connectivity index (χ0) is 39.4. The molecule has 4 fully saturated rings. The highest BCUT2D eigenvalue weighted by molar-refractivity contribution is 6.09. The molecule has 288 valence electrons.